The van der Waals surface area contributed by atoms with Gasteiger partial charge in [-0.25, -0.2) is 4.83 Å². The van der Waals surface area contributed by atoms with Crippen molar-refractivity contribution in [2.75, 3.05) is 0 Å². The number of alkyl halides is 3. The van der Waals surface area contributed by atoms with Crippen LogP contribution in [0.15, 0.2) is 58.5 Å². The van der Waals surface area contributed by atoms with E-state index in [0.29, 0.717) is 5.02 Å². The monoisotopic (exact) mass is 362 g/mol. The van der Waals surface area contributed by atoms with Gasteiger partial charge in [-0.1, -0.05) is 29.8 Å². The quantitative estimate of drug-likeness (QED) is 0.666. The fourth-order valence-electron chi connectivity index (χ4n) is 1.70. The molecule has 23 heavy (non-hydrogen) atoms. The molecular formula is C14H10ClF3N2O2S. The summed E-state index contributed by atoms with van der Waals surface area (Å²) in [5.41, 5.74) is -1.16. The van der Waals surface area contributed by atoms with Gasteiger partial charge in [0.25, 0.3) is 10.0 Å². The van der Waals surface area contributed by atoms with Gasteiger partial charge in [-0.15, -0.1) is 0 Å². The molecule has 0 unspecified atom stereocenters. The van der Waals surface area contributed by atoms with Crippen molar-refractivity contribution in [2.24, 2.45) is 5.10 Å². The van der Waals surface area contributed by atoms with Crippen LogP contribution in [0.5, 0.6) is 0 Å². The minimum Gasteiger partial charge on any atom is -0.200 e. The third-order valence-electron chi connectivity index (χ3n) is 2.77. The molecule has 0 amide bonds. The van der Waals surface area contributed by atoms with Crippen LogP contribution in [0.2, 0.25) is 5.02 Å². The first-order valence-corrected chi connectivity index (χ1v) is 8.03. The van der Waals surface area contributed by atoms with E-state index in [1.165, 1.54) is 42.5 Å². The number of hydrazone groups is 1. The Bertz CT molecular complexity index is 819. The van der Waals surface area contributed by atoms with Crippen molar-refractivity contribution >= 4 is 27.8 Å². The fraction of sp³-hybridized carbons (Fsp3) is 0.0714. The van der Waals surface area contributed by atoms with Crippen molar-refractivity contribution in [1.82, 2.24) is 4.83 Å². The summed E-state index contributed by atoms with van der Waals surface area (Å²) in [4.78, 5) is 1.74. The average Bonchev–Trinajstić information content (AvgIpc) is 2.47. The maximum absolute atomic E-state index is 12.8. The molecule has 4 nitrogen and oxygen atoms in total. The summed E-state index contributed by atoms with van der Waals surface area (Å²) in [5, 5.41) is 3.74. The van der Waals surface area contributed by atoms with Crippen molar-refractivity contribution in [3.05, 3.63) is 64.7 Å². The number of halogens is 4. The highest BCUT2D eigenvalue weighted by molar-refractivity contribution is 7.89. The minimum atomic E-state index is -4.56. The Hall–Kier alpha value is -2.06. The number of nitrogens with one attached hydrogen (secondary N) is 1. The summed E-state index contributed by atoms with van der Waals surface area (Å²) in [6.45, 7) is 0. The van der Waals surface area contributed by atoms with Crippen LogP contribution in [0.1, 0.15) is 11.1 Å². The zero-order valence-corrected chi connectivity index (χ0v) is 13.0. The molecule has 1 N–H and O–H groups in total. The predicted octanol–water partition coefficient (Wildman–Crippen LogP) is 3.67. The molecule has 2 aromatic rings. The highest BCUT2D eigenvalue weighted by atomic mass is 35.5. The molecule has 0 radical (unpaired) electrons. The van der Waals surface area contributed by atoms with E-state index < -0.39 is 21.8 Å². The Morgan fingerprint density at radius 1 is 1.04 bits per heavy atom. The number of hydrogen-bond donors (Lipinski definition) is 1. The smallest absolute Gasteiger partial charge is 0.200 e. The lowest BCUT2D eigenvalue weighted by Gasteiger charge is -2.09. The predicted molar refractivity (Wildman–Crippen MR) is 80.8 cm³/mol. The van der Waals surface area contributed by atoms with Gasteiger partial charge >= 0.3 is 6.18 Å². The van der Waals surface area contributed by atoms with Crippen molar-refractivity contribution < 1.29 is 21.6 Å². The van der Waals surface area contributed by atoms with Crippen LogP contribution < -0.4 is 4.83 Å². The Morgan fingerprint density at radius 2 is 1.65 bits per heavy atom. The van der Waals surface area contributed by atoms with E-state index in [0.717, 1.165) is 12.3 Å². The van der Waals surface area contributed by atoms with Crippen molar-refractivity contribution in [3.63, 3.8) is 0 Å². The van der Waals surface area contributed by atoms with Gasteiger partial charge in [-0.3, -0.25) is 0 Å². The van der Waals surface area contributed by atoms with Crippen LogP contribution in [0, 0.1) is 0 Å². The summed E-state index contributed by atoms with van der Waals surface area (Å²) in [7, 11) is -3.98. The lowest BCUT2D eigenvalue weighted by atomic mass is 10.1. The number of rotatable bonds is 4. The van der Waals surface area contributed by atoms with E-state index in [4.69, 9.17) is 11.6 Å². The SMILES string of the molecule is O=S(=O)(N/N=C\c1ccccc1C(F)(F)F)c1ccc(Cl)cc1. The molecule has 0 atom stereocenters. The van der Waals surface area contributed by atoms with Crippen molar-refractivity contribution in [2.45, 2.75) is 11.1 Å². The van der Waals surface area contributed by atoms with Gasteiger partial charge in [-0.05, 0) is 30.3 Å². The number of benzene rings is 2. The number of hydrogen-bond acceptors (Lipinski definition) is 3. The Morgan fingerprint density at radius 3 is 2.26 bits per heavy atom. The van der Waals surface area contributed by atoms with Gasteiger partial charge in [-0.2, -0.15) is 26.7 Å². The van der Waals surface area contributed by atoms with Crippen LogP contribution >= 0.6 is 11.6 Å². The summed E-state index contributed by atoms with van der Waals surface area (Å²) in [5.74, 6) is 0. The van der Waals surface area contributed by atoms with Gasteiger partial charge in [0.2, 0.25) is 0 Å². The van der Waals surface area contributed by atoms with Crippen LogP contribution in [0.3, 0.4) is 0 Å². The van der Waals surface area contributed by atoms with Crippen LogP contribution in [0.4, 0.5) is 13.2 Å². The van der Waals surface area contributed by atoms with Crippen molar-refractivity contribution in [1.29, 1.82) is 0 Å². The van der Waals surface area contributed by atoms with Gasteiger partial charge in [0, 0.05) is 10.6 Å². The zero-order chi connectivity index (χ0) is 17.1. The van der Waals surface area contributed by atoms with Gasteiger partial charge in [0.15, 0.2) is 0 Å². The van der Waals surface area contributed by atoms with Crippen LogP contribution in [0.25, 0.3) is 0 Å². The second-order valence-corrected chi connectivity index (χ2v) is 6.49. The first-order valence-electron chi connectivity index (χ1n) is 6.17. The molecule has 122 valence electrons. The molecule has 0 aromatic heterocycles. The topological polar surface area (TPSA) is 58.5 Å². The van der Waals surface area contributed by atoms with E-state index in [2.05, 4.69) is 5.10 Å². The maximum Gasteiger partial charge on any atom is 0.417 e. The molecule has 0 aliphatic carbocycles. The normalized spacial score (nSPS) is 12.5. The second kappa shape index (κ2) is 6.59. The molecule has 0 bridgehead atoms. The standard InChI is InChI=1S/C14H10ClF3N2O2S/c15-11-5-7-12(8-6-11)23(21,22)20-19-9-10-3-1-2-4-13(10)14(16,17)18/h1-9,20H/b19-9-. The van der Waals surface area contributed by atoms with E-state index >= 15 is 0 Å². The molecule has 2 rings (SSSR count). The highest BCUT2D eigenvalue weighted by Gasteiger charge is 2.32. The Balaban J connectivity index is 2.21. The largest absolute Gasteiger partial charge is 0.417 e. The van der Waals surface area contributed by atoms with Gasteiger partial charge < -0.3 is 0 Å². The number of nitrogens with zero attached hydrogens (tertiary/aromatic N) is 1. The molecular weight excluding hydrogens is 353 g/mol. The Kier molecular flexibility index (Phi) is 4.96. The summed E-state index contributed by atoms with van der Waals surface area (Å²) < 4.78 is 62.2. The molecule has 0 aliphatic rings. The van der Waals surface area contributed by atoms with E-state index in [1.54, 1.807) is 0 Å². The molecule has 0 spiro atoms. The summed E-state index contributed by atoms with van der Waals surface area (Å²) in [6, 6.07) is 9.95. The molecule has 0 saturated carbocycles. The summed E-state index contributed by atoms with van der Waals surface area (Å²) in [6.07, 6.45) is -3.76. The molecule has 2 aromatic carbocycles. The van der Waals surface area contributed by atoms with E-state index in [1.807, 2.05) is 4.83 Å². The Labute approximate surface area is 135 Å². The third-order valence-corrected chi connectivity index (χ3v) is 4.26. The number of sulfonamides is 1. The van der Waals surface area contributed by atoms with Crippen LogP contribution in [-0.2, 0) is 16.2 Å². The van der Waals surface area contributed by atoms with E-state index in [-0.39, 0.29) is 10.5 Å². The fourth-order valence-corrected chi connectivity index (χ4v) is 2.62. The highest BCUT2D eigenvalue weighted by Crippen LogP contribution is 2.31. The first-order chi connectivity index (χ1) is 10.7. The second-order valence-electron chi connectivity index (χ2n) is 4.39. The molecule has 0 saturated heterocycles. The van der Waals surface area contributed by atoms with Gasteiger partial charge in [0.05, 0.1) is 16.7 Å². The molecule has 9 heteroatoms. The average molecular weight is 363 g/mol. The van der Waals surface area contributed by atoms with E-state index in [9.17, 15) is 21.6 Å². The first kappa shape index (κ1) is 17.3. The van der Waals surface area contributed by atoms with Crippen molar-refractivity contribution in [3.8, 4) is 0 Å². The zero-order valence-electron chi connectivity index (χ0n) is 11.4. The molecule has 0 fully saturated rings. The maximum atomic E-state index is 12.8. The van der Waals surface area contributed by atoms with Crippen LogP contribution in [-0.4, -0.2) is 14.6 Å². The lowest BCUT2D eigenvalue weighted by molar-refractivity contribution is -0.137. The minimum absolute atomic E-state index is 0.108. The summed E-state index contributed by atoms with van der Waals surface area (Å²) >= 11 is 5.65. The lowest BCUT2D eigenvalue weighted by Crippen LogP contribution is -2.18. The van der Waals surface area contributed by atoms with Gasteiger partial charge in [0.1, 0.15) is 0 Å². The molecule has 0 heterocycles. The third kappa shape index (κ3) is 4.46. The molecule has 0 aliphatic heterocycles.